The molecule has 0 radical (unpaired) electrons. The van der Waals surface area contributed by atoms with Crippen LogP contribution in [0.3, 0.4) is 0 Å². The average Bonchev–Trinajstić information content (AvgIpc) is 3.13. The van der Waals surface area contributed by atoms with E-state index in [1.807, 2.05) is 17.5 Å². The summed E-state index contributed by atoms with van der Waals surface area (Å²) >= 11 is 1.53. The number of furan rings is 1. The number of aromatic nitrogens is 1. The maximum atomic E-state index is 5.17. The van der Waals surface area contributed by atoms with Gasteiger partial charge in [0.2, 0.25) is 5.13 Å². The van der Waals surface area contributed by atoms with Gasteiger partial charge in [-0.3, -0.25) is 5.43 Å². The van der Waals surface area contributed by atoms with Crippen LogP contribution >= 0.6 is 11.3 Å². The molecule has 0 bridgehead atoms. The SMILES string of the molecule is Cc1ccc(C)c(-c2csc(N/N=C\c3ccco3)n2)c1. The van der Waals surface area contributed by atoms with E-state index in [0.717, 1.165) is 16.4 Å². The van der Waals surface area contributed by atoms with Crippen LogP contribution in [-0.4, -0.2) is 11.2 Å². The molecule has 0 amide bonds. The number of anilines is 1. The Hall–Kier alpha value is -2.40. The molecule has 2 aromatic heterocycles. The van der Waals surface area contributed by atoms with E-state index < -0.39 is 0 Å². The molecule has 5 heteroatoms. The normalized spacial score (nSPS) is 11.1. The summed E-state index contributed by atoms with van der Waals surface area (Å²) in [7, 11) is 0. The van der Waals surface area contributed by atoms with Gasteiger partial charge in [0.15, 0.2) is 0 Å². The van der Waals surface area contributed by atoms with Gasteiger partial charge >= 0.3 is 0 Å². The monoisotopic (exact) mass is 297 g/mol. The number of rotatable bonds is 4. The predicted molar refractivity (Wildman–Crippen MR) is 86.9 cm³/mol. The smallest absolute Gasteiger partial charge is 0.203 e. The van der Waals surface area contributed by atoms with Crippen molar-refractivity contribution < 1.29 is 4.42 Å². The first kappa shape index (κ1) is 13.6. The minimum absolute atomic E-state index is 0.703. The van der Waals surface area contributed by atoms with Gasteiger partial charge in [0, 0.05) is 10.9 Å². The molecule has 3 rings (SSSR count). The van der Waals surface area contributed by atoms with Crippen LogP contribution in [0, 0.1) is 13.8 Å². The van der Waals surface area contributed by atoms with Gasteiger partial charge in [0.1, 0.15) is 5.76 Å². The number of thiazole rings is 1. The first-order chi connectivity index (χ1) is 10.2. The summed E-state index contributed by atoms with van der Waals surface area (Å²) in [5, 5.41) is 6.90. The Balaban J connectivity index is 1.75. The lowest BCUT2D eigenvalue weighted by Gasteiger charge is -2.03. The van der Waals surface area contributed by atoms with Gasteiger partial charge in [0.25, 0.3) is 0 Å². The molecule has 4 nitrogen and oxygen atoms in total. The molecule has 0 saturated heterocycles. The van der Waals surface area contributed by atoms with E-state index in [1.165, 1.54) is 22.5 Å². The summed E-state index contributed by atoms with van der Waals surface area (Å²) in [6, 6.07) is 10.0. The number of nitrogens with zero attached hydrogens (tertiary/aromatic N) is 2. The highest BCUT2D eigenvalue weighted by atomic mass is 32.1. The van der Waals surface area contributed by atoms with Gasteiger partial charge in [-0.15, -0.1) is 11.3 Å². The molecular weight excluding hydrogens is 282 g/mol. The van der Waals surface area contributed by atoms with Crippen LogP contribution in [0.1, 0.15) is 16.9 Å². The largest absolute Gasteiger partial charge is 0.463 e. The lowest BCUT2D eigenvalue weighted by molar-refractivity contribution is 0.560. The molecule has 0 unspecified atom stereocenters. The van der Waals surface area contributed by atoms with E-state index in [9.17, 15) is 0 Å². The van der Waals surface area contributed by atoms with Crippen molar-refractivity contribution in [2.45, 2.75) is 13.8 Å². The summed E-state index contributed by atoms with van der Waals surface area (Å²) < 4.78 is 5.17. The molecule has 0 fully saturated rings. The summed E-state index contributed by atoms with van der Waals surface area (Å²) in [6.45, 7) is 4.18. The Morgan fingerprint density at radius 1 is 1.29 bits per heavy atom. The highest BCUT2D eigenvalue weighted by Gasteiger charge is 2.07. The third kappa shape index (κ3) is 3.20. The van der Waals surface area contributed by atoms with Crippen LogP contribution in [0.4, 0.5) is 5.13 Å². The quantitative estimate of drug-likeness (QED) is 0.571. The fraction of sp³-hybridized carbons (Fsp3) is 0.125. The second kappa shape index (κ2) is 5.93. The lowest BCUT2D eigenvalue weighted by Crippen LogP contribution is -1.90. The Labute approximate surface area is 127 Å². The van der Waals surface area contributed by atoms with Crippen molar-refractivity contribution in [2.75, 3.05) is 5.43 Å². The number of hydrogen-bond acceptors (Lipinski definition) is 5. The molecule has 2 heterocycles. The fourth-order valence-corrected chi connectivity index (χ4v) is 2.64. The molecular formula is C16H15N3OS. The molecule has 1 aromatic carbocycles. The van der Waals surface area contributed by atoms with Crippen molar-refractivity contribution in [1.29, 1.82) is 0 Å². The molecule has 0 spiro atoms. The van der Waals surface area contributed by atoms with Crippen molar-refractivity contribution in [3.8, 4) is 11.3 Å². The molecule has 1 N–H and O–H groups in total. The van der Waals surface area contributed by atoms with Crippen molar-refractivity contribution in [3.63, 3.8) is 0 Å². The molecule has 0 aliphatic heterocycles. The maximum absolute atomic E-state index is 5.17. The van der Waals surface area contributed by atoms with Crippen molar-refractivity contribution in [1.82, 2.24) is 4.98 Å². The van der Waals surface area contributed by atoms with Crippen molar-refractivity contribution in [2.24, 2.45) is 5.10 Å². The van der Waals surface area contributed by atoms with Crippen LogP contribution in [0.25, 0.3) is 11.3 Å². The fourth-order valence-electron chi connectivity index (χ4n) is 1.98. The van der Waals surface area contributed by atoms with Crippen LogP contribution < -0.4 is 5.43 Å². The van der Waals surface area contributed by atoms with Gasteiger partial charge in [-0.25, -0.2) is 4.98 Å². The van der Waals surface area contributed by atoms with Gasteiger partial charge in [0.05, 0.1) is 18.2 Å². The number of hydrazone groups is 1. The third-order valence-electron chi connectivity index (χ3n) is 3.07. The topological polar surface area (TPSA) is 50.4 Å². The minimum atomic E-state index is 0.703. The highest BCUT2D eigenvalue weighted by molar-refractivity contribution is 7.14. The molecule has 0 atom stereocenters. The van der Waals surface area contributed by atoms with E-state index in [0.29, 0.717) is 5.76 Å². The maximum Gasteiger partial charge on any atom is 0.203 e. The first-order valence-electron chi connectivity index (χ1n) is 6.58. The Morgan fingerprint density at radius 3 is 3.00 bits per heavy atom. The zero-order valence-electron chi connectivity index (χ0n) is 11.8. The van der Waals surface area contributed by atoms with Gasteiger partial charge in [-0.1, -0.05) is 17.7 Å². The molecule has 0 aliphatic rings. The van der Waals surface area contributed by atoms with Gasteiger partial charge in [-0.2, -0.15) is 5.10 Å². The number of nitrogens with one attached hydrogen (secondary N) is 1. The van der Waals surface area contributed by atoms with Crippen LogP contribution in [0.5, 0.6) is 0 Å². The zero-order valence-corrected chi connectivity index (χ0v) is 12.6. The van der Waals surface area contributed by atoms with Crippen molar-refractivity contribution in [3.05, 3.63) is 58.9 Å². The third-order valence-corrected chi connectivity index (χ3v) is 3.82. The number of hydrogen-bond donors (Lipinski definition) is 1. The predicted octanol–water partition coefficient (Wildman–Crippen LogP) is 4.47. The van der Waals surface area contributed by atoms with E-state index >= 15 is 0 Å². The van der Waals surface area contributed by atoms with Gasteiger partial charge in [-0.05, 0) is 37.6 Å². The van der Waals surface area contributed by atoms with E-state index in [4.69, 9.17) is 4.42 Å². The minimum Gasteiger partial charge on any atom is -0.463 e. The average molecular weight is 297 g/mol. The van der Waals surface area contributed by atoms with E-state index in [-0.39, 0.29) is 0 Å². The Morgan fingerprint density at radius 2 is 2.19 bits per heavy atom. The molecule has 3 aromatic rings. The second-order valence-electron chi connectivity index (χ2n) is 4.74. The summed E-state index contributed by atoms with van der Waals surface area (Å²) in [6.07, 6.45) is 3.24. The standard InChI is InChI=1S/C16H15N3OS/c1-11-5-6-12(2)14(8-11)15-10-21-16(18-15)19-17-9-13-4-3-7-20-13/h3-10H,1-2H3,(H,18,19)/b17-9-. The number of aryl methyl sites for hydroxylation is 2. The van der Waals surface area contributed by atoms with Gasteiger partial charge < -0.3 is 4.42 Å². The summed E-state index contributed by atoms with van der Waals surface area (Å²) in [5.74, 6) is 0.703. The number of benzene rings is 1. The lowest BCUT2D eigenvalue weighted by atomic mass is 10.0. The Kier molecular flexibility index (Phi) is 3.83. The Bertz CT molecular complexity index is 760. The molecule has 21 heavy (non-hydrogen) atoms. The van der Waals surface area contributed by atoms with Crippen LogP contribution in [0.2, 0.25) is 0 Å². The molecule has 0 saturated carbocycles. The summed E-state index contributed by atoms with van der Waals surface area (Å²) in [5.41, 5.74) is 7.50. The molecule has 0 aliphatic carbocycles. The first-order valence-corrected chi connectivity index (χ1v) is 7.46. The second-order valence-corrected chi connectivity index (χ2v) is 5.60. The zero-order chi connectivity index (χ0) is 14.7. The van der Waals surface area contributed by atoms with Crippen molar-refractivity contribution >= 4 is 22.7 Å². The van der Waals surface area contributed by atoms with E-state index in [2.05, 4.69) is 47.6 Å². The molecule has 106 valence electrons. The summed E-state index contributed by atoms with van der Waals surface area (Å²) in [4.78, 5) is 4.56. The van der Waals surface area contributed by atoms with Crippen LogP contribution in [-0.2, 0) is 0 Å². The van der Waals surface area contributed by atoms with E-state index in [1.54, 1.807) is 12.5 Å². The highest BCUT2D eigenvalue weighted by Crippen LogP contribution is 2.28. The van der Waals surface area contributed by atoms with Crippen LogP contribution in [0.15, 0.2) is 51.5 Å².